The summed E-state index contributed by atoms with van der Waals surface area (Å²) < 4.78 is 6.46. The largest absolute Gasteiger partial charge is 0.496 e. The van der Waals surface area contributed by atoms with Gasteiger partial charge in [0.1, 0.15) is 16.0 Å². The van der Waals surface area contributed by atoms with E-state index in [1.807, 2.05) is 30.0 Å². The molecule has 2 aromatic rings. The number of benzene rings is 1. The molecule has 0 N–H and O–H groups in total. The Labute approximate surface area is 146 Å². The summed E-state index contributed by atoms with van der Waals surface area (Å²) in [5, 5.41) is -0.0264. The first-order valence-corrected chi connectivity index (χ1v) is 9.50. The first kappa shape index (κ1) is 15.8. The molecule has 0 spiro atoms. The quantitative estimate of drug-likeness (QED) is 0.779. The molecular formula is C15H15BrN2O2S2. The zero-order chi connectivity index (χ0) is 15.7. The van der Waals surface area contributed by atoms with E-state index in [-0.39, 0.29) is 11.3 Å². The molecule has 0 aliphatic carbocycles. The summed E-state index contributed by atoms with van der Waals surface area (Å²) in [5.41, 5.74) is 3.54. The minimum absolute atomic E-state index is 0.0264. The van der Waals surface area contributed by atoms with Crippen molar-refractivity contribution >= 4 is 44.9 Å². The van der Waals surface area contributed by atoms with E-state index in [1.54, 1.807) is 24.4 Å². The van der Waals surface area contributed by atoms with E-state index in [0.29, 0.717) is 0 Å². The predicted octanol–water partition coefficient (Wildman–Crippen LogP) is 4.11. The predicted molar refractivity (Wildman–Crippen MR) is 93.8 cm³/mol. The van der Waals surface area contributed by atoms with E-state index in [9.17, 15) is 4.79 Å². The fourth-order valence-corrected chi connectivity index (χ4v) is 4.88. The van der Waals surface area contributed by atoms with Gasteiger partial charge in [0.15, 0.2) is 0 Å². The van der Waals surface area contributed by atoms with Gasteiger partial charge in [-0.3, -0.25) is 4.79 Å². The van der Waals surface area contributed by atoms with Crippen LogP contribution in [0, 0.1) is 6.92 Å². The lowest BCUT2D eigenvalue weighted by Crippen LogP contribution is -2.30. The summed E-state index contributed by atoms with van der Waals surface area (Å²) >= 11 is 6.67. The number of halogens is 1. The van der Waals surface area contributed by atoms with E-state index in [2.05, 4.69) is 20.9 Å². The Kier molecular flexibility index (Phi) is 4.75. The molecule has 1 atom stereocenters. The van der Waals surface area contributed by atoms with Crippen LogP contribution in [0.15, 0.2) is 28.2 Å². The average Bonchev–Trinajstić information content (AvgIpc) is 3.15. The van der Waals surface area contributed by atoms with Crippen LogP contribution in [0.4, 0.5) is 0 Å². The maximum atomic E-state index is 12.8. The molecule has 1 unspecified atom stereocenters. The first-order chi connectivity index (χ1) is 10.6. The topological polar surface area (TPSA) is 42.4 Å². The van der Waals surface area contributed by atoms with Gasteiger partial charge in [-0.15, -0.1) is 23.1 Å². The highest BCUT2D eigenvalue weighted by Crippen LogP contribution is 2.43. The first-order valence-electron chi connectivity index (χ1n) is 6.78. The summed E-state index contributed by atoms with van der Waals surface area (Å²) in [7, 11) is 1.66. The second-order valence-corrected chi connectivity index (χ2v) is 7.83. The molecule has 1 amide bonds. The number of thioether (sulfide) groups is 1. The Balaban J connectivity index is 1.96. The monoisotopic (exact) mass is 398 g/mol. The van der Waals surface area contributed by atoms with Gasteiger partial charge >= 0.3 is 0 Å². The number of thiazole rings is 1. The molecule has 1 aromatic carbocycles. The van der Waals surface area contributed by atoms with Crippen LogP contribution in [0.25, 0.3) is 0 Å². The van der Waals surface area contributed by atoms with Gasteiger partial charge in [0.05, 0.1) is 18.3 Å². The number of nitrogens with zero attached hydrogens (tertiary/aromatic N) is 2. The molecule has 1 aromatic heterocycles. The summed E-state index contributed by atoms with van der Waals surface area (Å²) in [5.74, 6) is 1.78. The minimum atomic E-state index is -0.0264. The molecule has 3 rings (SSSR count). The van der Waals surface area contributed by atoms with Crippen molar-refractivity contribution in [3.63, 3.8) is 0 Å². The standard InChI is InChI=1S/C15H15BrN2O2S2/c1-9-13(22-8-17-9)14(19)18-5-6-21-15(18)11-7-10(16)3-4-12(11)20-2/h3-4,7-8,15H,5-6H2,1-2H3. The molecule has 1 fully saturated rings. The van der Waals surface area contributed by atoms with Crippen LogP contribution < -0.4 is 4.74 Å². The van der Waals surface area contributed by atoms with E-state index in [0.717, 1.165) is 38.7 Å². The van der Waals surface area contributed by atoms with Crippen molar-refractivity contribution in [2.75, 3.05) is 19.4 Å². The highest BCUT2D eigenvalue weighted by atomic mass is 79.9. The van der Waals surface area contributed by atoms with Crippen LogP contribution in [0.3, 0.4) is 0 Å². The van der Waals surface area contributed by atoms with Gasteiger partial charge in [0.25, 0.3) is 5.91 Å². The zero-order valence-electron chi connectivity index (χ0n) is 12.2. The number of ether oxygens (including phenoxy) is 1. The SMILES string of the molecule is COc1ccc(Br)cc1C1SCCN1C(=O)c1scnc1C. The summed E-state index contributed by atoms with van der Waals surface area (Å²) in [4.78, 5) is 19.7. The molecule has 116 valence electrons. The summed E-state index contributed by atoms with van der Waals surface area (Å²) in [6, 6.07) is 5.90. The molecule has 2 heterocycles. The molecular weight excluding hydrogens is 384 g/mol. The Bertz CT molecular complexity index is 705. The number of hydrogen-bond acceptors (Lipinski definition) is 5. The van der Waals surface area contributed by atoms with Gasteiger partial charge in [-0.2, -0.15) is 0 Å². The number of rotatable bonds is 3. The van der Waals surface area contributed by atoms with Crippen LogP contribution in [-0.2, 0) is 0 Å². The smallest absolute Gasteiger partial charge is 0.267 e. The van der Waals surface area contributed by atoms with E-state index >= 15 is 0 Å². The number of amides is 1. The van der Waals surface area contributed by atoms with Gasteiger partial charge in [-0.25, -0.2) is 4.98 Å². The lowest BCUT2D eigenvalue weighted by Gasteiger charge is -2.25. The number of aryl methyl sites for hydroxylation is 1. The molecule has 0 bridgehead atoms. The lowest BCUT2D eigenvalue weighted by atomic mass is 10.1. The fourth-order valence-electron chi connectivity index (χ4n) is 2.47. The number of hydrogen-bond donors (Lipinski definition) is 0. The van der Waals surface area contributed by atoms with E-state index < -0.39 is 0 Å². The van der Waals surface area contributed by atoms with Gasteiger partial charge in [0, 0.05) is 22.3 Å². The zero-order valence-corrected chi connectivity index (χ0v) is 15.4. The molecule has 7 heteroatoms. The van der Waals surface area contributed by atoms with Crippen molar-refractivity contribution in [1.29, 1.82) is 0 Å². The number of carbonyl (C=O) groups is 1. The van der Waals surface area contributed by atoms with Crippen LogP contribution in [0.5, 0.6) is 5.75 Å². The molecule has 1 aliphatic heterocycles. The lowest BCUT2D eigenvalue weighted by molar-refractivity contribution is 0.0763. The Morgan fingerprint density at radius 2 is 2.32 bits per heavy atom. The van der Waals surface area contributed by atoms with Gasteiger partial charge in [0.2, 0.25) is 0 Å². The number of aromatic nitrogens is 1. The molecule has 0 saturated carbocycles. The maximum absolute atomic E-state index is 12.8. The van der Waals surface area contributed by atoms with E-state index in [4.69, 9.17) is 4.74 Å². The molecule has 1 aliphatic rings. The number of methoxy groups -OCH3 is 1. The third-order valence-corrected chi connectivity index (χ3v) is 6.20. The fraction of sp³-hybridized carbons (Fsp3) is 0.333. The maximum Gasteiger partial charge on any atom is 0.267 e. The second-order valence-electron chi connectivity index (χ2n) is 4.87. The average molecular weight is 399 g/mol. The third kappa shape index (κ3) is 2.89. The highest BCUT2D eigenvalue weighted by molar-refractivity contribution is 9.10. The van der Waals surface area contributed by atoms with Crippen molar-refractivity contribution in [3.05, 3.63) is 44.3 Å². The van der Waals surface area contributed by atoms with Crippen molar-refractivity contribution in [3.8, 4) is 5.75 Å². The Morgan fingerprint density at radius 1 is 1.50 bits per heavy atom. The van der Waals surface area contributed by atoms with Gasteiger partial charge in [-0.05, 0) is 25.1 Å². The van der Waals surface area contributed by atoms with Crippen molar-refractivity contribution in [2.45, 2.75) is 12.3 Å². The summed E-state index contributed by atoms with van der Waals surface area (Å²) in [6.45, 7) is 2.61. The van der Waals surface area contributed by atoms with Crippen LogP contribution in [0.2, 0.25) is 0 Å². The Hall–Kier alpha value is -1.05. The summed E-state index contributed by atoms with van der Waals surface area (Å²) in [6.07, 6.45) is 0. The van der Waals surface area contributed by atoms with Crippen molar-refractivity contribution in [1.82, 2.24) is 9.88 Å². The van der Waals surface area contributed by atoms with Crippen LogP contribution in [-0.4, -0.2) is 35.2 Å². The highest BCUT2D eigenvalue weighted by Gasteiger charge is 2.34. The molecule has 0 radical (unpaired) electrons. The molecule has 1 saturated heterocycles. The minimum Gasteiger partial charge on any atom is -0.496 e. The normalized spacial score (nSPS) is 17.8. The second kappa shape index (κ2) is 6.60. The Morgan fingerprint density at radius 3 is 3.00 bits per heavy atom. The number of carbonyl (C=O) groups excluding carboxylic acids is 1. The van der Waals surface area contributed by atoms with Crippen molar-refractivity contribution < 1.29 is 9.53 Å². The van der Waals surface area contributed by atoms with Crippen molar-refractivity contribution in [2.24, 2.45) is 0 Å². The van der Waals surface area contributed by atoms with E-state index in [1.165, 1.54) is 11.3 Å². The van der Waals surface area contributed by atoms with Gasteiger partial charge in [-0.1, -0.05) is 15.9 Å². The third-order valence-electron chi connectivity index (χ3n) is 3.55. The van der Waals surface area contributed by atoms with Gasteiger partial charge < -0.3 is 9.64 Å². The molecule has 22 heavy (non-hydrogen) atoms. The molecule has 4 nitrogen and oxygen atoms in total. The van der Waals surface area contributed by atoms with Crippen LogP contribution in [0.1, 0.15) is 26.3 Å². The van der Waals surface area contributed by atoms with Crippen LogP contribution >= 0.6 is 39.0 Å².